The second-order valence-electron chi connectivity index (χ2n) is 3.84. The van der Waals surface area contributed by atoms with E-state index in [0.29, 0.717) is 17.9 Å². The second kappa shape index (κ2) is 7.04. The van der Waals surface area contributed by atoms with Crippen LogP contribution in [-0.2, 0) is 9.53 Å². The predicted octanol–water partition coefficient (Wildman–Crippen LogP) is 3.59. The monoisotopic (exact) mass is 274 g/mol. The molecule has 0 bridgehead atoms. The normalized spacial score (nSPS) is 18.1. The molecule has 0 spiro atoms. The van der Waals surface area contributed by atoms with Gasteiger partial charge in [-0.15, -0.1) is 0 Å². The summed E-state index contributed by atoms with van der Waals surface area (Å²) < 4.78 is 4.90. The average molecular weight is 275 g/mol. The number of allylic oxidation sites excluding steroid dienone is 2. The first-order valence-corrected chi connectivity index (χ1v) is 6.64. The number of carbonyl (C=O) groups excluding carboxylic acids is 1. The van der Waals surface area contributed by atoms with Gasteiger partial charge in [0.1, 0.15) is 0 Å². The summed E-state index contributed by atoms with van der Waals surface area (Å²) in [7, 11) is 0. The first kappa shape index (κ1) is 12.8. The van der Waals surface area contributed by atoms with Crippen LogP contribution in [0.25, 0.3) is 0 Å². The molecule has 0 saturated carbocycles. The maximum Gasteiger partial charge on any atom is 0.305 e. The Hall–Kier alpha value is -0.310. The van der Waals surface area contributed by atoms with Crippen molar-refractivity contribution in [1.29, 1.82) is 0 Å². The highest BCUT2D eigenvalue weighted by molar-refractivity contribution is 9.09. The molecule has 2 nitrogen and oxygen atoms in total. The van der Waals surface area contributed by atoms with Gasteiger partial charge in [-0.05, 0) is 39.0 Å². The average Bonchev–Trinajstić information content (AvgIpc) is 2.27. The van der Waals surface area contributed by atoms with Gasteiger partial charge in [0.15, 0.2) is 0 Å². The number of ether oxygens (including phenoxy) is 1. The zero-order chi connectivity index (χ0) is 11.1. The summed E-state index contributed by atoms with van der Waals surface area (Å²) in [5.41, 5.74) is 1.46. The van der Waals surface area contributed by atoms with Gasteiger partial charge in [0.2, 0.25) is 0 Å². The van der Waals surface area contributed by atoms with Crippen LogP contribution in [0.15, 0.2) is 11.6 Å². The van der Waals surface area contributed by atoms with Gasteiger partial charge in [-0.3, -0.25) is 4.79 Å². The largest absolute Gasteiger partial charge is 0.466 e. The molecule has 15 heavy (non-hydrogen) atoms. The van der Waals surface area contributed by atoms with Crippen LogP contribution in [0.1, 0.15) is 45.4 Å². The molecular formula is C12H19BrO2. The quantitative estimate of drug-likeness (QED) is 0.435. The molecule has 0 saturated heterocycles. The summed E-state index contributed by atoms with van der Waals surface area (Å²) in [6.45, 7) is 2.32. The molecule has 0 amide bonds. The highest BCUT2D eigenvalue weighted by Gasteiger charge is 2.14. The highest BCUT2D eigenvalue weighted by atomic mass is 79.9. The molecular weight excluding hydrogens is 256 g/mol. The van der Waals surface area contributed by atoms with Crippen molar-refractivity contribution >= 4 is 21.9 Å². The van der Waals surface area contributed by atoms with Crippen LogP contribution < -0.4 is 0 Å². The number of rotatable bonds is 5. The summed E-state index contributed by atoms with van der Waals surface area (Å²) in [4.78, 5) is 11.5. The van der Waals surface area contributed by atoms with Crippen LogP contribution in [0.4, 0.5) is 0 Å². The Labute approximate surface area is 100 Å². The molecule has 0 aromatic rings. The zero-order valence-corrected chi connectivity index (χ0v) is 10.9. The molecule has 0 fully saturated rings. The van der Waals surface area contributed by atoms with Gasteiger partial charge in [-0.1, -0.05) is 27.6 Å². The summed E-state index contributed by atoms with van der Waals surface area (Å²) in [6.07, 6.45) is 8.64. The van der Waals surface area contributed by atoms with Crippen molar-refractivity contribution in [3.05, 3.63) is 11.6 Å². The maximum absolute atomic E-state index is 11.2. The van der Waals surface area contributed by atoms with E-state index in [1.54, 1.807) is 0 Å². The predicted molar refractivity (Wildman–Crippen MR) is 65.1 cm³/mol. The Bertz CT molecular complexity index is 236. The zero-order valence-electron chi connectivity index (χ0n) is 9.30. The topological polar surface area (TPSA) is 26.3 Å². The Balaban J connectivity index is 2.25. The molecule has 1 atom stereocenters. The molecule has 0 aromatic heterocycles. The Morgan fingerprint density at radius 1 is 1.60 bits per heavy atom. The summed E-state index contributed by atoms with van der Waals surface area (Å²) in [5, 5.41) is 0. The number of hydrogen-bond donors (Lipinski definition) is 0. The standard InChI is InChI=1S/C12H19BrO2/c1-2-15-12(14)9-8-11(13)10-6-4-3-5-7-10/h6,11H,2-5,7-9H2,1H3. The van der Waals surface area contributed by atoms with Gasteiger partial charge in [0.05, 0.1) is 6.61 Å². The van der Waals surface area contributed by atoms with Crippen LogP contribution in [0.5, 0.6) is 0 Å². The molecule has 86 valence electrons. The van der Waals surface area contributed by atoms with Gasteiger partial charge < -0.3 is 4.74 Å². The van der Waals surface area contributed by atoms with Crippen LogP contribution in [0.2, 0.25) is 0 Å². The lowest BCUT2D eigenvalue weighted by molar-refractivity contribution is -0.143. The number of esters is 1. The summed E-state index contributed by atoms with van der Waals surface area (Å²) in [6, 6.07) is 0. The lowest BCUT2D eigenvalue weighted by atomic mass is 9.95. The molecule has 1 aliphatic carbocycles. The smallest absolute Gasteiger partial charge is 0.305 e. The van der Waals surface area contributed by atoms with E-state index in [9.17, 15) is 4.79 Å². The molecule has 3 heteroatoms. The lowest BCUT2D eigenvalue weighted by Crippen LogP contribution is -2.10. The van der Waals surface area contributed by atoms with E-state index in [1.165, 1.54) is 31.3 Å². The van der Waals surface area contributed by atoms with Crippen LogP contribution >= 0.6 is 15.9 Å². The van der Waals surface area contributed by atoms with E-state index in [4.69, 9.17) is 4.74 Å². The molecule has 1 rings (SSSR count). The van der Waals surface area contributed by atoms with Gasteiger partial charge in [0.25, 0.3) is 0 Å². The minimum Gasteiger partial charge on any atom is -0.466 e. The minimum atomic E-state index is -0.0849. The third-order valence-corrected chi connectivity index (χ3v) is 3.68. The highest BCUT2D eigenvalue weighted by Crippen LogP contribution is 2.27. The summed E-state index contributed by atoms with van der Waals surface area (Å²) in [5.74, 6) is -0.0849. The van der Waals surface area contributed by atoms with Gasteiger partial charge in [0, 0.05) is 11.2 Å². The molecule has 0 radical (unpaired) electrons. The Morgan fingerprint density at radius 2 is 2.40 bits per heavy atom. The van der Waals surface area contributed by atoms with Crippen molar-refractivity contribution in [2.24, 2.45) is 0 Å². The van der Waals surface area contributed by atoms with E-state index in [1.807, 2.05) is 6.92 Å². The number of alkyl halides is 1. The van der Waals surface area contributed by atoms with Crippen molar-refractivity contribution in [2.45, 2.75) is 50.3 Å². The third kappa shape index (κ3) is 4.83. The van der Waals surface area contributed by atoms with Crippen molar-refractivity contribution in [3.63, 3.8) is 0 Å². The van der Waals surface area contributed by atoms with Crippen molar-refractivity contribution in [3.8, 4) is 0 Å². The van der Waals surface area contributed by atoms with E-state index in [-0.39, 0.29) is 5.97 Å². The first-order valence-electron chi connectivity index (χ1n) is 5.72. The molecule has 1 unspecified atom stereocenters. The number of hydrogen-bond acceptors (Lipinski definition) is 2. The number of carbonyl (C=O) groups is 1. The van der Waals surface area contributed by atoms with E-state index in [2.05, 4.69) is 22.0 Å². The maximum atomic E-state index is 11.2. The fourth-order valence-corrected chi connectivity index (χ4v) is 2.46. The fraction of sp³-hybridized carbons (Fsp3) is 0.750. The van der Waals surface area contributed by atoms with E-state index in [0.717, 1.165) is 6.42 Å². The van der Waals surface area contributed by atoms with E-state index < -0.39 is 0 Å². The fourth-order valence-electron chi connectivity index (χ4n) is 1.81. The van der Waals surface area contributed by atoms with Gasteiger partial charge >= 0.3 is 5.97 Å². The Kier molecular flexibility index (Phi) is 5.99. The molecule has 0 aromatic carbocycles. The Morgan fingerprint density at radius 3 is 3.00 bits per heavy atom. The molecule has 1 aliphatic rings. The molecule has 0 N–H and O–H groups in total. The summed E-state index contributed by atoms with van der Waals surface area (Å²) >= 11 is 3.64. The van der Waals surface area contributed by atoms with Crippen molar-refractivity contribution in [1.82, 2.24) is 0 Å². The lowest BCUT2D eigenvalue weighted by Gasteiger charge is -2.17. The minimum absolute atomic E-state index is 0.0849. The first-order chi connectivity index (χ1) is 7.24. The van der Waals surface area contributed by atoms with Crippen LogP contribution in [0, 0.1) is 0 Å². The second-order valence-corrected chi connectivity index (χ2v) is 4.94. The van der Waals surface area contributed by atoms with Crippen molar-refractivity contribution in [2.75, 3.05) is 6.61 Å². The SMILES string of the molecule is CCOC(=O)CCC(Br)C1=CCCCC1. The third-order valence-electron chi connectivity index (χ3n) is 2.64. The van der Waals surface area contributed by atoms with Crippen molar-refractivity contribution < 1.29 is 9.53 Å². The van der Waals surface area contributed by atoms with E-state index >= 15 is 0 Å². The van der Waals surface area contributed by atoms with Gasteiger partial charge in [-0.25, -0.2) is 0 Å². The van der Waals surface area contributed by atoms with Crippen LogP contribution in [-0.4, -0.2) is 17.4 Å². The van der Waals surface area contributed by atoms with Gasteiger partial charge in [-0.2, -0.15) is 0 Å². The molecule has 0 heterocycles. The molecule has 0 aliphatic heterocycles. The van der Waals surface area contributed by atoms with Crippen LogP contribution in [0.3, 0.4) is 0 Å². The number of halogens is 1.